The first-order chi connectivity index (χ1) is 8.18. The predicted molar refractivity (Wildman–Crippen MR) is 73.0 cm³/mol. The van der Waals surface area contributed by atoms with E-state index in [-0.39, 0.29) is 11.9 Å². The summed E-state index contributed by atoms with van der Waals surface area (Å²) in [6.07, 6.45) is 3.20. The molecule has 1 saturated heterocycles. The van der Waals surface area contributed by atoms with Gasteiger partial charge in [0.05, 0.1) is 0 Å². The predicted octanol–water partition coefficient (Wildman–Crippen LogP) is 4.01. The van der Waals surface area contributed by atoms with E-state index in [1.807, 2.05) is 11.8 Å². The molecule has 0 saturated carbocycles. The Morgan fingerprint density at radius 1 is 1.41 bits per heavy atom. The molecular formula is C13H17ClFNS. The van der Waals surface area contributed by atoms with Crippen molar-refractivity contribution in [3.8, 4) is 0 Å². The zero-order valence-corrected chi connectivity index (χ0v) is 11.2. The lowest BCUT2D eigenvalue weighted by Gasteiger charge is -2.25. The van der Waals surface area contributed by atoms with Crippen molar-refractivity contribution in [1.29, 1.82) is 0 Å². The maximum Gasteiger partial charge on any atom is 0.129 e. The van der Waals surface area contributed by atoms with E-state index in [0.29, 0.717) is 16.5 Å². The van der Waals surface area contributed by atoms with Gasteiger partial charge in [-0.3, -0.25) is 0 Å². The number of hydrogen-bond acceptors (Lipinski definition) is 2. The van der Waals surface area contributed by atoms with Gasteiger partial charge in [0, 0.05) is 16.6 Å². The molecule has 2 rings (SSSR count). The summed E-state index contributed by atoms with van der Waals surface area (Å²) in [4.78, 5) is 0. The lowest BCUT2D eigenvalue weighted by molar-refractivity contribution is 0.406. The van der Waals surface area contributed by atoms with Gasteiger partial charge in [-0.15, -0.1) is 0 Å². The Labute approximate surface area is 111 Å². The van der Waals surface area contributed by atoms with Crippen LogP contribution in [-0.4, -0.2) is 11.5 Å². The highest BCUT2D eigenvalue weighted by molar-refractivity contribution is 7.99. The molecule has 1 aromatic carbocycles. The Balaban J connectivity index is 2.05. The molecule has 0 aliphatic carbocycles. The van der Waals surface area contributed by atoms with E-state index in [1.165, 1.54) is 30.4 Å². The van der Waals surface area contributed by atoms with Crippen LogP contribution in [0.1, 0.15) is 30.9 Å². The van der Waals surface area contributed by atoms with Gasteiger partial charge in [0.25, 0.3) is 0 Å². The summed E-state index contributed by atoms with van der Waals surface area (Å²) in [7, 11) is 0. The van der Waals surface area contributed by atoms with E-state index in [1.54, 1.807) is 12.1 Å². The first-order valence-corrected chi connectivity index (χ1v) is 7.49. The van der Waals surface area contributed by atoms with Crippen LogP contribution in [0.5, 0.6) is 0 Å². The van der Waals surface area contributed by atoms with E-state index in [0.717, 1.165) is 6.42 Å². The number of thioether (sulfide) groups is 1. The van der Waals surface area contributed by atoms with Gasteiger partial charge in [0.15, 0.2) is 0 Å². The van der Waals surface area contributed by atoms with Gasteiger partial charge in [-0.05, 0) is 48.8 Å². The third kappa shape index (κ3) is 3.36. The van der Waals surface area contributed by atoms with E-state index in [4.69, 9.17) is 17.3 Å². The van der Waals surface area contributed by atoms with Crippen LogP contribution in [-0.2, 0) is 0 Å². The fraction of sp³-hybridized carbons (Fsp3) is 0.538. The van der Waals surface area contributed by atoms with Crippen molar-refractivity contribution in [2.45, 2.75) is 25.3 Å². The average molecular weight is 274 g/mol. The molecule has 0 amide bonds. The molecule has 1 aliphatic heterocycles. The molecular weight excluding hydrogens is 257 g/mol. The van der Waals surface area contributed by atoms with Gasteiger partial charge in [-0.2, -0.15) is 11.8 Å². The summed E-state index contributed by atoms with van der Waals surface area (Å²) >= 11 is 8.00. The standard InChI is InChI=1S/C13H17ClFNS/c14-10-2-1-3-11(15)13(10)12(16)8-9-4-6-17-7-5-9/h1-3,9,12H,4-8,16H2. The van der Waals surface area contributed by atoms with E-state index >= 15 is 0 Å². The van der Waals surface area contributed by atoms with Crippen molar-refractivity contribution < 1.29 is 4.39 Å². The minimum Gasteiger partial charge on any atom is -0.324 e. The van der Waals surface area contributed by atoms with E-state index < -0.39 is 0 Å². The maximum absolute atomic E-state index is 13.7. The van der Waals surface area contributed by atoms with Crippen molar-refractivity contribution in [2.24, 2.45) is 11.7 Å². The molecule has 17 heavy (non-hydrogen) atoms. The van der Waals surface area contributed by atoms with E-state index in [2.05, 4.69) is 0 Å². The average Bonchev–Trinajstić information content (AvgIpc) is 2.30. The maximum atomic E-state index is 13.7. The number of rotatable bonds is 3. The summed E-state index contributed by atoms with van der Waals surface area (Å²) in [6.45, 7) is 0. The third-order valence-corrected chi connectivity index (χ3v) is 4.68. The van der Waals surface area contributed by atoms with Crippen LogP contribution in [0.25, 0.3) is 0 Å². The third-order valence-electron chi connectivity index (χ3n) is 3.30. The van der Waals surface area contributed by atoms with Crippen LogP contribution in [0, 0.1) is 11.7 Å². The number of nitrogens with two attached hydrogens (primary N) is 1. The van der Waals surface area contributed by atoms with Crippen LogP contribution in [0.3, 0.4) is 0 Å². The largest absolute Gasteiger partial charge is 0.324 e. The van der Waals surface area contributed by atoms with Gasteiger partial charge in [-0.25, -0.2) is 4.39 Å². The molecule has 1 unspecified atom stereocenters. The summed E-state index contributed by atoms with van der Waals surface area (Å²) < 4.78 is 13.7. The van der Waals surface area contributed by atoms with Crippen molar-refractivity contribution >= 4 is 23.4 Å². The monoisotopic (exact) mass is 273 g/mol. The van der Waals surface area contributed by atoms with E-state index in [9.17, 15) is 4.39 Å². The minimum absolute atomic E-state index is 0.281. The Morgan fingerprint density at radius 3 is 2.76 bits per heavy atom. The highest BCUT2D eigenvalue weighted by Crippen LogP contribution is 2.33. The summed E-state index contributed by atoms with van der Waals surface area (Å²) in [5, 5.41) is 0.447. The molecule has 1 atom stereocenters. The van der Waals surface area contributed by atoms with Crippen molar-refractivity contribution in [2.75, 3.05) is 11.5 Å². The van der Waals surface area contributed by atoms with Crippen LogP contribution < -0.4 is 5.73 Å². The Kier molecular flexibility index (Phi) is 4.71. The van der Waals surface area contributed by atoms with Gasteiger partial charge >= 0.3 is 0 Å². The molecule has 0 aromatic heterocycles. The first kappa shape index (κ1) is 13.2. The second kappa shape index (κ2) is 6.07. The number of benzene rings is 1. The fourth-order valence-electron chi connectivity index (χ4n) is 2.32. The van der Waals surface area contributed by atoms with Gasteiger partial charge in [-0.1, -0.05) is 17.7 Å². The number of halogens is 2. The second-order valence-corrected chi connectivity index (χ2v) is 6.17. The minimum atomic E-state index is -0.282. The highest BCUT2D eigenvalue weighted by atomic mass is 35.5. The number of hydrogen-bond donors (Lipinski definition) is 1. The van der Waals surface area contributed by atoms with Crippen LogP contribution >= 0.6 is 23.4 Å². The van der Waals surface area contributed by atoms with Gasteiger partial charge in [0.2, 0.25) is 0 Å². The zero-order chi connectivity index (χ0) is 12.3. The summed E-state index contributed by atoms with van der Waals surface area (Å²) in [5.41, 5.74) is 6.58. The zero-order valence-electron chi connectivity index (χ0n) is 9.66. The van der Waals surface area contributed by atoms with Crippen molar-refractivity contribution in [3.05, 3.63) is 34.6 Å². The first-order valence-electron chi connectivity index (χ1n) is 5.95. The molecule has 94 valence electrons. The molecule has 1 aromatic rings. The molecule has 1 aliphatic rings. The molecule has 2 N–H and O–H groups in total. The highest BCUT2D eigenvalue weighted by Gasteiger charge is 2.21. The quantitative estimate of drug-likeness (QED) is 0.900. The topological polar surface area (TPSA) is 26.0 Å². The fourth-order valence-corrected chi connectivity index (χ4v) is 3.83. The summed E-state index contributed by atoms with van der Waals surface area (Å²) in [5.74, 6) is 2.72. The molecule has 1 heterocycles. The Hall–Kier alpha value is -0.250. The SMILES string of the molecule is NC(CC1CCSCC1)c1c(F)cccc1Cl. The van der Waals surface area contributed by atoms with Gasteiger partial charge in [0.1, 0.15) is 5.82 Å². The van der Waals surface area contributed by atoms with Crippen molar-refractivity contribution in [3.63, 3.8) is 0 Å². The van der Waals surface area contributed by atoms with Crippen molar-refractivity contribution in [1.82, 2.24) is 0 Å². The molecule has 1 nitrogen and oxygen atoms in total. The molecule has 1 fully saturated rings. The summed E-state index contributed by atoms with van der Waals surface area (Å²) in [6, 6.07) is 4.47. The smallest absolute Gasteiger partial charge is 0.129 e. The van der Waals surface area contributed by atoms with Crippen LogP contribution in [0.2, 0.25) is 5.02 Å². The molecule has 4 heteroatoms. The normalized spacial score (nSPS) is 19.2. The van der Waals surface area contributed by atoms with Crippen LogP contribution in [0.15, 0.2) is 18.2 Å². The molecule has 0 spiro atoms. The van der Waals surface area contributed by atoms with Gasteiger partial charge < -0.3 is 5.73 Å². The lowest BCUT2D eigenvalue weighted by atomic mass is 9.91. The molecule has 0 radical (unpaired) electrons. The Bertz CT molecular complexity index is 359. The van der Waals surface area contributed by atoms with Crippen LogP contribution in [0.4, 0.5) is 4.39 Å². The second-order valence-electron chi connectivity index (χ2n) is 4.53. The Morgan fingerprint density at radius 2 is 2.12 bits per heavy atom. The molecule has 0 bridgehead atoms. The lowest BCUT2D eigenvalue weighted by Crippen LogP contribution is -2.20.